The quantitative estimate of drug-likeness (QED) is 0.726. The number of anilines is 3. The predicted molar refractivity (Wildman–Crippen MR) is 84.1 cm³/mol. The van der Waals surface area contributed by atoms with E-state index in [1.165, 1.54) is 12.8 Å². The van der Waals surface area contributed by atoms with Crippen LogP contribution in [0, 0.1) is 0 Å². The zero-order valence-electron chi connectivity index (χ0n) is 12.5. The third kappa shape index (κ3) is 4.91. The monoisotopic (exact) mass is 287 g/mol. The summed E-state index contributed by atoms with van der Waals surface area (Å²) in [5, 5.41) is 14.3. The van der Waals surface area contributed by atoms with Gasteiger partial charge in [-0.15, -0.1) is 5.10 Å². The Balaban J connectivity index is 1.96. The fourth-order valence-corrected chi connectivity index (χ4v) is 1.86. The summed E-state index contributed by atoms with van der Waals surface area (Å²) in [6, 6.07) is 7.65. The molecule has 112 valence electrons. The van der Waals surface area contributed by atoms with E-state index in [9.17, 15) is 0 Å². The molecule has 0 saturated heterocycles. The van der Waals surface area contributed by atoms with Crippen molar-refractivity contribution in [3.8, 4) is 5.75 Å². The average molecular weight is 287 g/mol. The van der Waals surface area contributed by atoms with Crippen LogP contribution in [0.25, 0.3) is 0 Å². The van der Waals surface area contributed by atoms with Gasteiger partial charge in [-0.05, 0) is 18.6 Å². The number of hydrogen-bond donors (Lipinski definition) is 2. The Labute approximate surface area is 125 Å². The molecule has 0 amide bonds. The van der Waals surface area contributed by atoms with Gasteiger partial charge in [-0.1, -0.05) is 25.8 Å². The molecule has 2 N–H and O–H groups in total. The lowest BCUT2D eigenvalue weighted by Gasteiger charge is -2.08. The van der Waals surface area contributed by atoms with Crippen molar-refractivity contribution in [3.63, 3.8) is 0 Å². The van der Waals surface area contributed by atoms with Gasteiger partial charge in [-0.2, -0.15) is 10.1 Å². The fraction of sp³-hybridized carbons (Fsp3) is 0.400. The molecule has 0 saturated carbocycles. The molecule has 0 aliphatic heterocycles. The Kier molecular flexibility index (Phi) is 5.75. The summed E-state index contributed by atoms with van der Waals surface area (Å²) < 4.78 is 5.19. The van der Waals surface area contributed by atoms with E-state index < -0.39 is 0 Å². The largest absolute Gasteiger partial charge is 0.497 e. The van der Waals surface area contributed by atoms with Crippen LogP contribution in [0.1, 0.15) is 26.2 Å². The van der Waals surface area contributed by atoms with Gasteiger partial charge in [0.05, 0.1) is 13.3 Å². The second kappa shape index (κ2) is 8.04. The first-order chi connectivity index (χ1) is 10.3. The van der Waals surface area contributed by atoms with Crippen molar-refractivity contribution in [2.24, 2.45) is 0 Å². The standard InChI is InChI=1S/C15H21N5O/c1-3-4-5-9-16-15-19-14(11-17-20-15)18-12-7-6-8-13(10-12)21-2/h6-8,10-11H,3-5,9H2,1-2H3,(H2,16,18,19,20). The van der Waals surface area contributed by atoms with E-state index in [0.29, 0.717) is 11.8 Å². The Morgan fingerprint density at radius 3 is 2.95 bits per heavy atom. The van der Waals surface area contributed by atoms with Crippen LogP contribution in [-0.2, 0) is 0 Å². The molecular weight excluding hydrogens is 266 g/mol. The molecule has 0 bridgehead atoms. The van der Waals surface area contributed by atoms with Crippen molar-refractivity contribution in [3.05, 3.63) is 30.5 Å². The zero-order valence-corrected chi connectivity index (χ0v) is 12.5. The van der Waals surface area contributed by atoms with Crippen LogP contribution in [0.3, 0.4) is 0 Å². The summed E-state index contributed by atoms with van der Waals surface area (Å²) >= 11 is 0. The van der Waals surface area contributed by atoms with Crippen LogP contribution < -0.4 is 15.4 Å². The fourth-order valence-electron chi connectivity index (χ4n) is 1.86. The van der Waals surface area contributed by atoms with Crippen molar-refractivity contribution in [1.82, 2.24) is 15.2 Å². The highest BCUT2D eigenvalue weighted by Crippen LogP contribution is 2.20. The second-order valence-corrected chi connectivity index (χ2v) is 4.66. The Morgan fingerprint density at radius 1 is 1.24 bits per heavy atom. The molecule has 1 aromatic carbocycles. The first kappa shape index (κ1) is 15.0. The van der Waals surface area contributed by atoms with Crippen molar-refractivity contribution >= 4 is 17.5 Å². The summed E-state index contributed by atoms with van der Waals surface area (Å²) in [4.78, 5) is 4.38. The van der Waals surface area contributed by atoms with Gasteiger partial charge in [0.2, 0.25) is 5.95 Å². The molecule has 2 aromatic rings. The number of rotatable bonds is 8. The lowest BCUT2D eigenvalue weighted by atomic mass is 10.2. The highest BCUT2D eigenvalue weighted by atomic mass is 16.5. The van der Waals surface area contributed by atoms with Crippen LogP contribution in [-0.4, -0.2) is 28.8 Å². The topological polar surface area (TPSA) is 72.0 Å². The van der Waals surface area contributed by atoms with Crippen LogP contribution in [0.2, 0.25) is 0 Å². The molecule has 0 atom stereocenters. The number of methoxy groups -OCH3 is 1. The van der Waals surface area contributed by atoms with Gasteiger partial charge in [0, 0.05) is 18.3 Å². The highest BCUT2D eigenvalue weighted by Gasteiger charge is 2.01. The maximum absolute atomic E-state index is 5.19. The minimum absolute atomic E-state index is 0.541. The van der Waals surface area contributed by atoms with Gasteiger partial charge in [0.25, 0.3) is 0 Å². The zero-order chi connectivity index (χ0) is 14.9. The molecule has 6 nitrogen and oxygen atoms in total. The Morgan fingerprint density at radius 2 is 2.14 bits per heavy atom. The molecule has 0 unspecified atom stereocenters. The minimum atomic E-state index is 0.541. The van der Waals surface area contributed by atoms with E-state index in [1.54, 1.807) is 13.3 Å². The molecule has 1 heterocycles. The number of unbranched alkanes of at least 4 members (excludes halogenated alkanes) is 2. The Bertz CT molecular complexity index is 561. The van der Waals surface area contributed by atoms with E-state index in [1.807, 2.05) is 24.3 Å². The van der Waals surface area contributed by atoms with Gasteiger partial charge in [0.15, 0.2) is 5.82 Å². The molecule has 2 rings (SSSR count). The second-order valence-electron chi connectivity index (χ2n) is 4.66. The molecular formula is C15H21N5O. The van der Waals surface area contributed by atoms with E-state index >= 15 is 0 Å². The summed E-state index contributed by atoms with van der Waals surface area (Å²) in [7, 11) is 1.64. The van der Waals surface area contributed by atoms with E-state index in [2.05, 4.69) is 32.7 Å². The highest BCUT2D eigenvalue weighted by molar-refractivity contribution is 5.58. The predicted octanol–water partition coefficient (Wildman–Crippen LogP) is 3.23. The smallest absolute Gasteiger partial charge is 0.244 e. The van der Waals surface area contributed by atoms with Crippen LogP contribution in [0.4, 0.5) is 17.5 Å². The number of aromatic nitrogens is 3. The number of nitrogens with one attached hydrogen (secondary N) is 2. The van der Waals surface area contributed by atoms with Gasteiger partial charge in [-0.25, -0.2) is 0 Å². The summed E-state index contributed by atoms with van der Waals surface area (Å²) in [5.74, 6) is 1.98. The van der Waals surface area contributed by atoms with Crippen molar-refractivity contribution in [1.29, 1.82) is 0 Å². The molecule has 0 aliphatic rings. The summed E-state index contributed by atoms with van der Waals surface area (Å²) in [6.45, 7) is 3.04. The van der Waals surface area contributed by atoms with Crippen LogP contribution in [0.15, 0.2) is 30.5 Å². The average Bonchev–Trinajstić information content (AvgIpc) is 2.52. The van der Waals surface area contributed by atoms with Crippen LogP contribution >= 0.6 is 0 Å². The van der Waals surface area contributed by atoms with E-state index in [-0.39, 0.29) is 0 Å². The van der Waals surface area contributed by atoms with E-state index in [4.69, 9.17) is 4.74 Å². The third-order valence-electron chi connectivity index (χ3n) is 2.96. The van der Waals surface area contributed by atoms with Gasteiger partial charge >= 0.3 is 0 Å². The molecule has 0 fully saturated rings. The van der Waals surface area contributed by atoms with E-state index in [0.717, 1.165) is 24.4 Å². The first-order valence-electron chi connectivity index (χ1n) is 7.16. The maximum Gasteiger partial charge on any atom is 0.244 e. The molecule has 1 aromatic heterocycles. The minimum Gasteiger partial charge on any atom is -0.497 e. The molecule has 21 heavy (non-hydrogen) atoms. The SMILES string of the molecule is CCCCCNc1nncc(Nc2cccc(OC)c2)n1. The molecule has 0 spiro atoms. The number of hydrogen-bond acceptors (Lipinski definition) is 6. The third-order valence-corrected chi connectivity index (χ3v) is 2.96. The summed E-state index contributed by atoms with van der Waals surface area (Å²) in [5.41, 5.74) is 0.895. The molecule has 6 heteroatoms. The Hall–Kier alpha value is -2.37. The number of nitrogens with zero attached hydrogens (tertiary/aromatic N) is 3. The lowest BCUT2D eigenvalue weighted by Crippen LogP contribution is -2.07. The summed E-state index contributed by atoms with van der Waals surface area (Å²) in [6.07, 6.45) is 5.09. The lowest BCUT2D eigenvalue weighted by molar-refractivity contribution is 0.415. The first-order valence-corrected chi connectivity index (χ1v) is 7.16. The maximum atomic E-state index is 5.19. The number of ether oxygens (including phenoxy) is 1. The van der Waals surface area contributed by atoms with Gasteiger partial charge in [0.1, 0.15) is 5.75 Å². The molecule has 0 aliphatic carbocycles. The molecule has 0 radical (unpaired) electrons. The van der Waals surface area contributed by atoms with Gasteiger partial charge in [-0.3, -0.25) is 0 Å². The normalized spacial score (nSPS) is 10.2. The number of benzene rings is 1. The van der Waals surface area contributed by atoms with Gasteiger partial charge < -0.3 is 15.4 Å². The van der Waals surface area contributed by atoms with Crippen molar-refractivity contribution < 1.29 is 4.74 Å². The van der Waals surface area contributed by atoms with Crippen molar-refractivity contribution in [2.45, 2.75) is 26.2 Å². The van der Waals surface area contributed by atoms with Crippen LogP contribution in [0.5, 0.6) is 5.75 Å². The van der Waals surface area contributed by atoms with Crippen molar-refractivity contribution in [2.75, 3.05) is 24.3 Å².